The standard InChI is InChI=1S/C37H25N3O5/c41-35(26-13-5-2-6-14-26)34-33(25-19-21-28(22-20-25)40(44)45)29-16-8-7-15-27(29)23-32(24-11-3-1-4-12-24)38(34)39-36(42)30-17-9-10-18-31(30)37(39)43/h1-23,33-34H/t33-,34-/m0/s1. The Balaban J connectivity index is 1.54. The van der Waals surface area contributed by atoms with Crippen LogP contribution in [0.4, 0.5) is 5.69 Å². The molecule has 7 rings (SSSR count). The van der Waals surface area contributed by atoms with Crippen molar-refractivity contribution < 1.29 is 19.3 Å². The van der Waals surface area contributed by atoms with Gasteiger partial charge in [-0.25, -0.2) is 0 Å². The van der Waals surface area contributed by atoms with Gasteiger partial charge in [0.2, 0.25) is 0 Å². The van der Waals surface area contributed by atoms with E-state index in [1.54, 1.807) is 65.7 Å². The van der Waals surface area contributed by atoms with E-state index in [0.717, 1.165) is 16.1 Å². The summed E-state index contributed by atoms with van der Waals surface area (Å²) >= 11 is 0. The highest BCUT2D eigenvalue weighted by Crippen LogP contribution is 2.44. The average Bonchev–Trinajstić information content (AvgIpc) is 3.24. The number of imide groups is 1. The number of nitro benzene ring substituents is 1. The molecule has 0 saturated carbocycles. The molecular formula is C37H25N3O5. The molecule has 0 bridgehead atoms. The first-order valence-electron chi connectivity index (χ1n) is 14.4. The number of nitro groups is 1. The summed E-state index contributed by atoms with van der Waals surface area (Å²) in [6.07, 6.45) is 1.89. The smallest absolute Gasteiger partial charge is 0.280 e. The zero-order valence-corrected chi connectivity index (χ0v) is 23.8. The van der Waals surface area contributed by atoms with Crippen LogP contribution >= 0.6 is 0 Å². The summed E-state index contributed by atoms with van der Waals surface area (Å²) in [4.78, 5) is 54.4. The van der Waals surface area contributed by atoms with Crippen molar-refractivity contribution in [2.45, 2.75) is 12.0 Å². The van der Waals surface area contributed by atoms with Crippen molar-refractivity contribution in [2.24, 2.45) is 0 Å². The summed E-state index contributed by atoms with van der Waals surface area (Å²) in [5, 5.41) is 14.2. The van der Waals surface area contributed by atoms with Crippen molar-refractivity contribution in [1.82, 2.24) is 10.0 Å². The molecule has 0 saturated heterocycles. The molecule has 0 N–H and O–H groups in total. The number of benzene rings is 5. The molecule has 218 valence electrons. The molecule has 0 aromatic heterocycles. The molecule has 2 amide bonds. The van der Waals surface area contributed by atoms with Crippen LogP contribution in [0.25, 0.3) is 11.8 Å². The number of hydrogen-bond donors (Lipinski definition) is 0. The highest BCUT2D eigenvalue weighted by molar-refractivity contribution is 6.22. The Kier molecular flexibility index (Phi) is 6.86. The topological polar surface area (TPSA) is 101 Å². The van der Waals surface area contributed by atoms with Crippen LogP contribution in [-0.2, 0) is 0 Å². The van der Waals surface area contributed by atoms with Gasteiger partial charge in [-0.2, -0.15) is 5.01 Å². The SMILES string of the molecule is O=C(c1ccccc1)[C@@H]1[C@@H](c2ccc([N+](=O)[O-])cc2)c2ccccc2C=C(c2ccccc2)N1N1C(=O)c2ccccc2C1=O. The molecule has 2 aliphatic heterocycles. The molecule has 8 nitrogen and oxygen atoms in total. The number of fused-ring (bicyclic) bond motifs is 2. The van der Waals surface area contributed by atoms with Gasteiger partial charge in [0, 0.05) is 23.6 Å². The third-order valence-electron chi connectivity index (χ3n) is 8.30. The molecule has 0 radical (unpaired) electrons. The number of carbonyl (C=O) groups is 3. The minimum atomic E-state index is -1.15. The summed E-state index contributed by atoms with van der Waals surface area (Å²) in [5.41, 5.74) is 4.14. The minimum absolute atomic E-state index is 0.0908. The maximum absolute atomic E-state index is 14.9. The predicted octanol–water partition coefficient (Wildman–Crippen LogP) is 7.00. The Hall–Kier alpha value is -6.15. The van der Waals surface area contributed by atoms with Gasteiger partial charge < -0.3 is 0 Å². The minimum Gasteiger partial charge on any atom is -0.292 e. The second-order valence-corrected chi connectivity index (χ2v) is 10.8. The monoisotopic (exact) mass is 591 g/mol. The van der Waals surface area contributed by atoms with E-state index in [4.69, 9.17) is 0 Å². The van der Waals surface area contributed by atoms with Crippen LogP contribution in [-0.4, -0.2) is 38.6 Å². The Morgan fingerprint density at radius 1 is 0.667 bits per heavy atom. The first-order valence-corrected chi connectivity index (χ1v) is 14.4. The van der Waals surface area contributed by atoms with E-state index in [1.807, 2.05) is 66.7 Å². The number of Topliss-reactive ketones (excluding diaryl/α,β-unsaturated/α-hetero) is 1. The Morgan fingerprint density at radius 3 is 1.84 bits per heavy atom. The van der Waals surface area contributed by atoms with E-state index in [1.165, 1.54) is 12.1 Å². The van der Waals surface area contributed by atoms with Gasteiger partial charge in [0.1, 0.15) is 6.04 Å². The Bertz CT molecular complexity index is 1970. The molecule has 5 aromatic rings. The van der Waals surface area contributed by atoms with E-state index >= 15 is 0 Å². The lowest BCUT2D eigenvalue weighted by molar-refractivity contribution is -0.384. The summed E-state index contributed by atoms with van der Waals surface area (Å²) in [5.74, 6) is -2.15. The summed E-state index contributed by atoms with van der Waals surface area (Å²) in [7, 11) is 0. The molecule has 0 spiro atoms. The molecule has 8 heteroatoms. The summed E-state index contributed by atoms with van der Waals surface area (Å²) in [6.45, 7) is 0. The fourth-order valence-electron chi connectivity index (χ4n) is 6.23. The van der Waals surface area contributed by atoms with Crippen LogP contribution in [0.2, 0.25) is 0 Å². The molecule has 2 atom stereocenters. The van der Waals surface area contributed by atoms with E-state index in [2.05, 4.69) is 0 Å². The second kappa shape index (κ2) is 11.2. The summed E-state index contributed by atoms with van der Waals surface area (Å²) < 4.78 is 0. The molecular weight excluding hydrogens is 566 g/mol. The lowest BCUT2D eigenvalue weighted by Crippen LogP contribution is -2.55. The van der Waals surface area contributed by atoms with Crippen LogP contribution in [0.1, 0.15) is 59.2 Å². The predicted molar refractivity (Wildman–Crippen MR) is 169 cm³/mol. The highest BCUT2D eigenvalue weighted by Gasteiger charge is 2.49. The number of hydrogen-bond acceptors (Lipinski definition) is 6. The van der Waals surface area contributed by atoms with Crippen molar-refractivity contribution in [2.75, 3.05) is 0 Å². The van der Waals surface area contributed by atoms with Crippen molar-refractivity contribution >= 4 is 35.1 Å². The van der Waals surface area contributed by atoms with Gasteiger partial charge in [-0.05, 0) is 40.5 Å². The van der Waals surface area contributed by atoms with Crippen molar-refractivity contribution in [3.63, 3.8) is 0 Å². The van der Waals surface area contributed by atoms with Crippen molar-refractivity contribution in [1.29, 1.82) is 0 Å². The van der Waals surface area contributed by atoms with Gasteiger partial charge in [-0.1, -0.05) is 109 Å². The van der Waals surface area contributed by atoms with Gasteiger partial charge >= 0.3 is 0 Å². The van der Waals surface area contributed by atoms with Gasteiger partial charge in [0.05, 0.1) is 21.7 Å². The van der Waals surface area contributed by atoms with Crippen molar-refractivity contribution in [3.05, 3.63) is 183 Å². The van der Waals surface area contributed by atoms with Crippen LogP contribution < -0.4 is 0 Å². The number of hydrazine groups is 1. The molecule has 5 aromatic carbocycles. The van der Waals surface area contributed by atoms with E-state index < -0.39 is 28.7 Å². The normalized spacial score (nSPS) is 17.3. The quantitative estimate of drug-likeness (QED) is 0.0912. The Labute approximate surface area is 258 Å². The number of ketones is 1. The lowest BCUT2D eigenvalue weighted by atomic mass is 9.80. The molecule has 0 aliphatic carbocycles. The first kappa shape index (κ1) is 27.7. The van der Waals surface area contributed by atoms with Gasteiger partial charge in [-0.3, -0.25) is 29.5 Å². The number of rotatable bonds is 6. The van der Waals surface area contributed by atoms with Gasteiger partial charge in [0.25, 0.3) is 17.5 Å². The maximum Gasteiger partial charge on any atom is 0.280 e. The van der Waals surface area contributed by atoms with E-state index in [-0.39, 0.29) is 22.6 Å². The fraction of sp³-hybridized carbons (Fsp3) is 0.0541. The average molecular weight is 592 g/mol. The molecule has 2 heterocycles. The third-order valence-corrected chi connectivity index (χ3v) is 8.30. The lowest BCUT2D eigenvalue weighted by Gasteiger charge is -2.41. The van der Waals surface area contributed by atoms with Gasteiger partial charge in [0.15, 0.2) is 5.78 Å². The van der Waals surface area contributed by atoms with Crippen LogP contribution in [0.5, 0.6) is 0 Å². The Morgan fingerprint density at radius 2 is 1.22 bits per heavy atom. The number of amides is 2. The van der Waals surface area contributed by atoms with Crippen LogP contribution in [0.3, 0.4) is 0 Å². The van der Waals surface area contributed by atoms with Crippen LogP contribution in [0.15, 0.2) is 133 Å². The van der Waals surface area contributed by atoms with Crippen molar-refractivity contribution in [3.8, 4) is 0 Å². The second-order valence-electron chi connectivity index (χ2n) is 10.8. The number of nitrogens with zero attached hydrogens (tertiary/aromatic N) is 3. The largest absolute Gasteiger partial charge is 0.292 e. The van der Waals surface area contributed by atoms with E-state index in [9.17, 15) is 24.5 Å². The number of carbonyl (C=O) groups excluding carboxylic acids is 3. The van der Waals surface area contributed by atoms with Gasteiger partial charge in [-0.15, -0.1) is 0 Å². The fourth-order valence-corrected chi connectivity index (χ4v) is 6.23. The van der Waals surface area contributed by atoms with Crippen LogP contribution in [0, 0.1) is 10.1 Å². The highest BCUT2D eigenvalue weighted by atomic mass is 16.6. The third kappa shape index (κ3) is 4.69. The zero-order valence-electron chi connectivity index (χ0n) is 23.8. The van der Waals surface area contributed by atoms with E-state index in [0.29, 0.717) is 22.4 Å². The maximum atomic E-state index is 14.9. The first-order chi connectivity index (χ1) is 21.9. The zero-order chi connectivity index (χ0) is 31.1. The molecule has 45 heavy (non-hydrogen) atoms. The summed E-state index contributed by atoms with van der Waals surface area (Å²) in [6, 6.07) is 37.2. The molecule has 2 aliphatic rings. The number of non-ortho nitro benzene ring substituents is 1. The molecule has 0 unspecified atom stereocenters. The molecule has 0 fully saturated rings.